The first kappa shape index (κ1) is 91.6. The number of carbonyl (C=O) groups is 7. The van der Waals surface area contributed by atoms with E-state index in [9.17, 15) is 33.6 Å². The Balaban J connectivity index is -0.000000322. The molecule has 2 aliphatic rings. The smallest absolute Gasteiger partial charge is 0.410 e. The summed E-state index contributed by atoms with van der Waals surface area (Å²) < 4.78 is 59.9. The average molecular weight is 1290 g/mol. The number of carboxylic acids is 1. The van der Waals surface area contributed by atoms with Crippen LogP contribution in [0, 0.1) is 0 Å². The van der Waals surface area contributed by atoms with Gasteiger partial charge < -0.3 is 87.5 Å². The third-order valence-corrected chi connectivity index (χ3v) is 9.97. The minimum atomic E-state index is -0.882. The van der Waals surface area contributed by atoms with Crippen molar-refractivity contribution < 1.29 is 111 Å². The third-order valence-electron chi connectivity index (χ3n) is 9.97. The Bertz CT molecular complexity index is 1730. The Morgan fingerprint density at radius 2 is 0.739 bits per heavy atom. The molecular formula is C60H111ClN4O23. The van der Waals surface area contributed by atoms with Crippen LogP contribution in [0.25, 0.3) is 0 Å². The van der Waals surface area contributed by atoms with Crippen molar-refractivity contribution in [3.05, 3.63) is 50.6 Å². The van der Waals surface area contributed by atoms with E-state index in [0.29, 0.717) is 72.2 Å². The number of halogens is 1. The summed E-state index contributed by atoms with van der Waals surface area (Å²) in [5.41, 5.74) is -0.900. The fourth-order valence-electron chi connectivity index (χ4n) is 5.98. The molecule has 1 amide bonds. The third kappa shape index (κ3) is 75.1. The zero-order valence-corrected chi connectivity index (χ0v) is 54.7. The number of aliphatic carboxylic acids is 1. The Hall–Kier alpha value is -5.14. The molecule has 516 valence electrons. The average Bonchev–Trinajstić information content (AvgIpc) is 3.68. The van der Waals surface area contributed by atoms with E-state index in [1.165, 1.54) is 12.2 Å². The molecule has 0 spiro atoms. The maximum atomic E-state index is 12.0. The molecule has 88 heavy (non-hydrogen) atoms. The van der Waals surface area contributed by atoms with E-state index in [1.54, 1.807) is 17.1 Å². The van der Waals surface area contributed by atoms with Gasteiger partial charge in [0.25, 0.3) is 0 Å². The van der Waals surface area contributed by atoms with Crippen LogP contribution in [-0.2, 0) is 85.6 Å². The van der Waals surface area contributed by atoms with E-state index in [2.05, 4.69) is 50.9 Å². The van der Waals surface area contributed by atoms with Gasteiger partial charge in [0.1, 0.15) is 37.6 Å². The lowest BCUT2D eigenvalue weighted by atomic mass is 10.2. The number of rotatable bonds is 40. The van der Waals surface area contributed by atoms with Gasteiger partial charge in [-0.1, -0.05) is 57.5 Å². The van der Waals surface area contributed by atoms with Gasteiger partial charge in [0, 0.05) is 72.1 Å². The van der Waals surface area contributed by atoms with Crippen LogP contribution in [0.1, 0.15) is 93.4 Å². The molecule has 0 unspecified atom stereocenters. The largest absolute Gasteiger partial charge is 0.481 e. The molecule has 0 saturated carbocycles. The van der Waals surface area contributed by atoms with Gasteiger partial charge in [0.05, 0.1) is 131 Å². The topological polar surface area (TPSA) is 333 Å². The molecule has 0 aliphatic carbocycles. The summed E-state index contributed by atoms with van der Waals surface area (Å²) in [6.07, 6.45) is 8.21. The number of hydrogen-bond donors (Lipinski definition) is 5. The Morgan fingerprint density at radius 1 is 0.432 bits per heavy atom. The lowest BCUT2D eigenvalue weighted by Crippen LogP contribution is -2.50. The highest BCUT2D eigenvalue weighted by Gasteiger charge is 2.26. The van der Waals surface area contributed by atoms with Gasteiger partial charge in [0.2, 0.25) is 0 Å². The van der Waals surface area contributed by atoms with Crippen molar-refractivity contribution in [2.75, 3.05) is 191 Å². The van der Waals surface area contributed by atoms with Crippen LogP contribution in [0.2, 0.25) is 0 Å². The number of piperazine rings is 2. The van der Waals surface area contributed by atoms with Crippen LogP contribution in [0.15, 0.2) is 50.6 Å². The molecule has 2 fully saturated rings. The molecule has 2 aliphatic heterocycles. The molecule has 28 heteroatoms. The first-order valence-electron chi connectivity index (χ1n) is 29.4. The standard InChI is InChI=1S/C17H30N2O5.C12H22N2O3.C9H18O4.C9H16O3.C8H14O4.C5H10O4.ClH/c1-5-12-23-15(20)6-13-22-14-11-18-7-9-19(10-8-18)16(21)24-17(2,3)4;1-2-9-17-12(15)3-10-16-11-8-14-6-4-13-5-7-14;1-9(2,3)13-8(11)4-6-12-7-5-10;1-3-6-11-8-5-9(10)12-7-4-2;1-2-5-12-8(10)3-6-11-7-4-9;6-2-4-9-3-1-5(7)8;/h5H,1,6-14H2,2-4H3;2,13H,1,3-11H2;10H,4-7H2,1-3H3;4H,2-3,5-8H2,1H3;2,9H,1,3-7H2;6H,1-4H2,(H,7,8);1H. The molecule has 2 saturated heterocycles. The molecule has 0 aromatic carbocycles. The Labute approximate surface area is 529 Å². The quantitative estimate of drug-likeness (QED) is 0.0251. The van der Waals surface area contributed by atoms with E-state index in [4.69, 9.17) is 67.8 Å². The van der Waals surface area contributed by atoms with Gasteiger partial charge in [0.15, 0.2) is 0 Å². The van der Waals surface area contributed by atoms with Crippen molar-refractivity contribution in [2.45, 2.75) is 105 Å². The molecule has 5 N–H and O–H groups in total. The van der Waals surface area contributed by atoms with Gasteiger partial charge in [-0.05, 0) is 48.0 Å². The number of ether oxygens (including phenoxy) is 12. The fourth-order valence-corrected chi connectivity index (χ4v) is 5.98. The number of hydrogen-bond acceptors (Lipinski definition) is 25. The predicted octanol–water partition coefficient (Wildman–Crippen LogP) is 3.97. The van der Waals surface area contributed by atoms with Crippen molar-refractivity contribution in [1.82, 2.24) is 20.0 Å². The Morgan fingerprint density at radius 3 is 1.05 bits per heavy atom. The van der Waals surface area contributed by atoms with Gasteiger partial charge in [-0.2, -0.15) is 0 Å². The van der Waals surface area contributed by atoms with Crippen LogP contribution < -0.4 is 5.32 Å². The normalized spacial score (nSPS) is 12.8. The lowest BCUT2D eigenvalue weighted by molar-refractivity contribution is -0.156. The first-order valence-corrected chi connectivity index (χ1v) is 29.4. The molecule has 2 heterocycles. The second-order valence-corrected chi connectivity index (χ2v) is 20.1. The van der Waals surface area contributed by atoms with Gasteiger partial charge in [-0.25, -0.2) is 4.79 Å². The number of aliphatic hydroxyl groups is 3. The molecule has 0 atom stereocenters. The van der Waals surface area contributed by atoms with Crippen LogP contribution in [0.4, 0.5) is 4.79 Å². The molecule has 2 rings (SSSR count). The van der Waals surface area contributed by atoms with E-state index >= 15 is 0 Å². The summed E-state index contributed by atoms with van der Waals surface area (Å²) in [6, 6.07) is 0. The van der Waals surface area contributed by atoms with Crippen molar-refractivity contribution >= 4 is 54.3 Å². The van der Waals surface area contributed by atoms with Crippen molar-refractivity contribution in [2.24, 2.45) is 0 Å². The summed E-state index contributed by atoms with van der Waals surface area (Å²) in [7, 11) is 0. The molecule has 0 bridgehead atoms. The summed E-state index contributed by atoms with van der Waals surface area (Å²) in [4.78, 5) is 83.1. The van der Waals surface area contributed by atoms with E-state index in [0.717, 1.165) is 58.8 Å². The zero-order chi connectivity index (χ0) is 66.3. The molecular weight excluding hydrogens is 1180 g/mol. The van der Waals surface area contributed by atoms with Crippen molar-refractivity contribution in [3.8, 4) is 0 Å². The highest BCUT2D eigenvalue weighted by molar-refractivity contribution is 5.85. The van der Waals surface area contributed by atoms with E-state index in [-0.39, 0.29) is 153 Å². The van der Waals surface area contributed by atoms with Gasteiger partial charge in [-0.3, -0.25) is 38.6 Å². The molecule has 27 nitrogen and oxygen atoms in total. The highest BCUT2D eigenvalue weighted by Crippen LogP contribution is 2.12. The lowest BCUT2D eigenvalue weighted by Gasteiger charge is -2.35. The number of nitrogens with one attached hydrogen (secondary N) is 1. The minimum absolute atomic E-state index is 0. The van der Waals surface area contributed by atoms with E-state index < -0.39 is 17.2 Å². The highest BCUT2D eigenvalue weighted by atomic mass is 35.5. The van der Waals surface area contributed by atoms with Gasteiger partial charge >= 0.3 is 41.9 Å². The number of carboxylic acid groups (broad SMARTS) is 1. The Kier molecular flexibility index (Phi) is 69.0. The van der Waals surface area contributed by atoms with E-state index in [1.807, 2.05) is 48.5 Å². The molecule has 0 aromatic rings. The van der Waals surface area contributed by atoms with Crippen LogP contribution in [0.5, 0.6) is 0 Å². The van der Waals surface area contributed by atoms with Crippen LogP contribution in [-0.4, -0.2) is 279 Å². The van der Waals surface area contributed by atoms with Crippen molar-refractivity contribution in [3.63, 3.8) is 0 Å². The minimum Gasteiger partial charge on any atom is -0.481 e. The first-order chi connectivity index (χ1) is 41.5. The summed E-state index contributed by atoms with van der Waals surface area (Å²) in [5, 5.41) is 36.2. The van der Waals surface area contributed by atoms with Crippen LogP contribution >= 0.6 is 12.4 Å². The second kappa shape index (κ2) is 66.3. The summed E-state index contributed by atoms with van der Waals surface area (Å²) in [5.74, 6) is -2.20. The zero-order valence-electron chi connectivity index (χ0n) is 53.9. The maximum absolute atomic E-state index is 12.0. The number of esters is 5. The summed E-state index contributed by atoms with van der Waals surface area (Å²) >= 11 is 0. The second-order valence-electron chi connectivity index (χ2n) is 20.1. The number of carbonyl (C=O) groups excluding carboxylic acids is 6. The summed E-state index contributed by atoms with van der Waals surface area (Å²) in [6.45, 7) is 41.3. The maximum Gasteiger partial charge on any atom is 0.410 e. The SMILES string of the molecule is C=CCOC(=O)CCOCCC.C=CCOC(=O)CCOCCN1CCN(C(=O)OC(C)(C)C)CC1.C=CCOC(=O)CCOCCN1CCNCC1.C=CCOC(=O)CCOCCO.CC(C)(C)OC(=O)CCOCCO.Cl.O=C(O)CCOCCO. The van der Waals surface area contributed by atoms with Gasteiger partial charge in [-0.15, -0.1) is 12.4 Å². The number of nitrogens with zero attached hydrogens (tertiary/aromatic N) is 3. The number of amides is 1. The monoisotopic (exact) mass is 1290 g/mol. The predicted molar refractivity (Wildman–Crippen MR) is 333 cm³/mol. The fraction of sp³-hybridized carbons (Fsp3) is 0.750. The molecule has 0 radical (unpaired) electrons. The molecule has 0 aromatic heterocycles. The van der Waals surface area contributed by atoms with Crippen molar-refractivity contribution in [1.29, 1.82) is 0 Å². The number of aliphatic hydroxyl groups excluding tert-OH is 3. The van der Waals surface area contributed by atoms with Crippen LogP contribution in [0.3, 0.4) is 0 Å².